The number of aromatic nitrogens is 1. The Labute approximate surface area is 247 Å². The Balaban J connectivity index is 1.47. The van der Waals surface area contributed by atoms with Crippen LogP contribution in [0.5, 0.6) is 11.5 Å². The highest BCUT2D eigenvalue weighted by Crippen LogP contribution is 2.32. The lowest BCUT2D eigenvalue weighted by Crippen LogP contribution is -2.40. The summed E-state index contributed by atoms with van der Waals surface area (Å²) in [5.74, 6) is 0.849. The van der Waals surface area contributed by atoms with Gasteiger partial charge in [-0.25, -0.2) is 9.79 Å². The van der Waals surface area contributed by atoms with Crippen LogP contribution in [0.15, 0.2) is 93.9 Å². The van der Waals surface area contributed by atoms with Crippen LogP contribution in [0.4, 0.5) is 0 Å². The predicted molar refractivity (Wildman–Crippen MR) is 160 cm³/mol. The van der Waals surface area contributed by atoms with Gasteiger partial charge in [0, 0.05) is 0 Å². The second kappa shape index (κ2) is 12.3. The van der Waals surface area contributed by atoms with Crippen molar-refractivity contribution in [3.8, 4) is 17.6 Å². The summed E-state index contributed by atoms with van der Waals surface area (Å²) in [4.78, 5) is 32.2. The van der Waals surface area contributed by atoms with Crippen molar-refractivity contribution in [2.24, 2.45) is 4.99 Å². The van der Waals surface area contributed by atoms with Gasteiger partial charge >= 0.3 is 5.97 Å². The van der Waals surface area contributed by atoms with Crippen LogP contribution in [0, 0.1) is 11.3 Å². The number of ether oxygens (including phenoxy) is 3. The molecule has 5 rings (SSSR count). The van der Waals surface area contributed by atoms with Gasteiger partial charge in [0.2, 0.25) is 0 Å². The number of hydrogen-bond donors (Lipinski definition) is 0. The van der Waals surface area contributed by atoms with E-state index in [4.69, 9.17) is 19.5 Å². The van der Waals surface area contributed by atoms with Crippen LogP contribution in [0.25, 0.3) is 6.08 Å². The van der Waals surface area contributed by atoms with Crippen molar-refractivity contribution < 1.29 is 19.0 Å². The number of nitriles is 1. The molecule has 8 nitrogen and oxygen atoms in total. The zero-order valence-corrected chi connectivity index (χ0v) is 24.5. The molecule has 1 aliphatic heterocycles. The summed E-state index contributed by atoms with van der Waals surface area (Å²) in [6.45, 7) is 5.71. The average molecular weight is 580 g/mol. The maximum Gasteiger partial charge on any atom is 0.338 e. The Hall–Kier alpha value is -4.94. The van der Waals surface area contributed by atoms with E-state index >= 15 is 0 Å². The van der Waals surface area contributed by atoms with E-state index in [2.05, 4.69) is 11.1 Å². The zero-order valence-electron chi connectivity index (χ0n) is 23.7. The minimum absolute atomic E-state index is 0.247. The number of nitrogens with zero attached hydrogens (tertiary/aromatic N) is 3. The van der Waals surface area contributed by atoms with Crippen molar-refractivity contribution in [2.75, 3.05) is 7.11 Å². The van der Waals surface area contributed by atoms with Gasteiger partial charge in [-0.05, 0) is 79.9 Å². The van der Waals surface area contributed by atoms with Gasteiger partial charge in [0.15, 0.2) is 4.80 Å². The van der Waals surface area contributed by atoms with E-state index in [0.717, 1.165) is 16.7 Å². The van der Waals surface area contributed by atoms with Gasteiger partial charge in [0.05, 0.1) is 46.7 Å². The van der Waals surface area contributed by atoms with E-state index in [1.807, 2.05) is 54.6 Å². The van der Waals surface area contributed by atoms with Gasteiger partial charge in [-0.3, -0.25) is 9.36 Å². The Morgan fingerprint density at radius 2 is 1.71 bits per heavy atom. The molecule has 9 heteroatoms. The highest BCUT2D eigenvalue weighted by Gasteiger charge is 2.33. The Kier molecular flexibility index (Phi) is 8.36. The minimum Gasteiger partial charge on any atom is -0.497 e. The first-order chi connectivity index (χ1) is 20.3. The lowest BCUT2D eigenvalue weighted by atomic mass is 9.96. The topological polar surface area (TPSA) is 103 Å². The lowest BCUT2D eigenvalue weighted by molar-refractivity contribution is -0.143. The molecule has 1 aliphatic rings. The van der Waals surface area contributed by atoms with Crippen LogP contribution >= 0.6 is 11.3 Å². The first kappa shape index (κ1) is 28.6. The average Bonchev–Trinajstić information content (AvgIpc) is 3.29. The number of carbonyl (C=O) groups excluding carboxylic acids is 1. The van der Waals surface area contributed by atoms with Crippen LogP contribution in [0.2, 0.25) is 0 Å². The normalized spacial score (nSPS) is 14.7. The molecule has 3 aromatic carbocycles. The predicted octanol–water partition coefficient (Wildman–Crippen LogP) is 4.65. The maximum absolute atomic E-state index is 13.8. The molecular formula is C33H29N3O5S. The van der Waals surface area contributed by atoms with Crippen molar-refractivity contribution in [2.45, 2.75) is 39.5 Å². The second-order valence-corrected chi connectivity index (χ2v) is 11.0. The summed E-state index contributed by atoms with van der Waals surface area (Å²) >= 11 is 1.27. The number of benzene rings is 3. The minimum atomic E-state index is -0.696. The molecule has 1 atom stereocenters. The van der Waals surface area contributed by atoms with E-state index in [9.17, 15) is 9.59 Å². The van der Waals surface area contributed by atoms with Gasteiger partial charge < -0.3 is 14.2 Å². The van der Waals surface area contributed by atoms with Crippen LogP contribution in [0.1, 0.15) is 49.1 Å². The molecule has 4 aromatic rings. The number of fused-ring (bicyclic) bond motifs is 1. The van der Waals surface area contributed by atoms with Crippen LogP contribution < -0.4 is 24.4 Å². The Morgan fingerprint density at radius 1 is 1.05 bits per heavy atom. The van der Waals surface area contributed by atoms with E-state index in [-0.39, 0.29) is 11.7 Å². The first-order valence-corrected chi connectivity index (χ1v) is 14.2. The van der Waals surface area contributed by atoms with Crippen molar-refractivity contribution in [1.82, 2.24) is 4.57 Å². The van der Waals surface area contributed by atoms with Crippen LogP contribution in [0.3, 0.4) is 0 Å². The quantitative estimate of drug-likeness (QED) is 0.282. The van der Waals surface area contributed by atoms with Crippen LogP contribution in [-0.2, 0) is 16.1 Å². The summed E-state index contributed by atoms with van der Waals surface area (Å²) in [7, 11) is 1.58. The van der Waals surface area contributed by atoms with E-state index < -0.39 is 12.0 Å². The smallest absolute Gasteiger partial charge is 0.338 e. The monoisotopic (exact) mass is 579 g/mol. The molecule has 0 saturated heterocycles. The molecule has 2 heterocycles. The molecule has 0 unspecified atom stereocenters. The fourth-order valence-corrected chi connectivity index (χ4v) is 5.66. The molecule has 42 heavy (non-hydrogen) atoms. The molecule has 0 N–H and O–H groups in total. The van der Waals surface area contributed by atoms with E-state index in [0.29, 0.717) is 44.3 Å². The van der Waals surface area contributed by atoms with Gasteiger partial charge in [-0.1, -0.05) is 47.7 Å². The molecular weight excluding hydrogens is 550 g/mol. The second-order valence-electron chi connectivity index (χ2n) is 9.98. The van der Waals surface area contributed by atoms with Gasteiger partial charge in [-0.2, -0.15) is 5.26 Å². The molecule has 0 fully saturated rings. The fourth-order valence-electron chi connectivity index (χ4n) is 4.62. The molecule has 0 aliphatic carbocycles. The van der Waals surface area contributed by atoms with Gasteiger partial charge in [0.1, 0.15) is 18.1 Å². The number of esters is 1. The van der Waals surface area contributed by atoms with Gasteiger partial charge in [-0.15, -0.1) is 0 Å². The fraction of sp³-hybridized carbons (Fsp3) is 0.212. The summed E-state index contributed by atoms with van der Waals surface area (Å²) in [6.07, 6.45) is 1.49. The summed E-state index contributed by atoms with van der Waals surface area (Å²) in [6, 6.07) is 23.4. The molecule has 0 saturated carbocycles. The molecule has 0 radical (unpaired) electrons. The third kappa shape index (κ3) is 6.04. The van der Waals surface area contributed by atoms with Crippen molar-refractivity contribution in [3.05, 3.63) is 126 Å². The summed E-state index contributed by atoms with van der Waals surface area (Å²) < 4.78 is 18.8. The SMILES string of the molecule is COc1ccc([C@@H]2C(C(=O)OC(C)C)=C(C)N=c3s/c(=C\c4ccc(OCc5ccc(C#N)cc5)cc4)c(=O)n32)cc1. The largest absolute Gasteiger partial charge is 0.497 e. The number of methoxy groups -OCH3 is 1. The highest BCUT2D eigenvalue weighted by atomic mass is 32.1. The Morgan fingerprint density at radius 3 is 2.33 bits per heavy atom. The Bertz CT molecular complexity index is 1860. The number of hydrogen-bond acceptors (Lipinski definition) is 8. The number of rotatable bonds is 8. The van der Waals surface area contributed by atoms with Crippen LogP contribution in [-0.4, -0.2) is 23.8 Å². The molecule has 1 aromatic heterocycles. The summed E-state index contributed by atoms with van der Waals surface area (Å²) in [5.41, 5.74) is 3.72. The first-order valence-electron chi connectivity index (χ1n) is 13.4. The number of thiazole rings is 1. The van der Waals surface area contributed by atoms with E-state index in [1.54, 1.807) is 56.7 Å². The number of carbonyl (C=O) groups is 1. The van der Waals surface area contributed by atoms with Crippen molar-refractivity contribution in [3.63, 3.8) is 0 Å². The molecule has 212 valence electrons. The summed E-state index contributed by atoms with van der Waals surface area (Å²) in [5, 5.41) is 8.95. The van der Waals surface area contributed by atoms with Gasteiger partial charge in [0.25, 0.3) is 5.56 Å². The number of allylic oxidation sites excluding steroid dienone is 1. The van der Waals surface area contributed by atoms with Crippen molar-refractivity contribution >= 4 is 23.4 Å². The molecule has 0 amide bonds. The molecule has 0 spiro atoms. The van der Waals surface area contributed by atoms with Crippen molar-refractivity contribution in [1.29, 1.82) is 5.26 Å². The van der Waals surface area contributed by atoms with E-state index in [1.165, 1.54) is 11.3 Å². The third-order valence-electron chi connectivity index (χ3n) is 6.68. The lowest BCUT2D eigenvalue weighted by Gasteiger charge is -2.25. The maximum atomic E-state index is 13.8. The zero-order chi connectivity index (χ0) is 29.8. The highest BCUT2D eigenvalue weighted by molar-refractivity contribution is 7.07. The molecule has 0 bridgehead atoms. The standard InChI is InChI=1S/C33H29N3O5S/c1-20(2)41-32(38)29-21(3)35-33-36(30(29)25-11-15-26(39-4)16-12-25)31(37)28(42-33)17-22-9-13-27(14-10-22)40-19-24-7-5-23(18-34)6-8-24/h5-17,20,30H,19H2,1-4H3/b28-17-/t30-/m1/s1. The third-order valence-corrected chi connectivity index (χ3v) is 7.67.